The Morgan fingerprint density at radius 1 is 1.48 bits per heavy atom. The van der Waals surface area contributed by atoms with Gasteiger partial charge in [-0.2, -0.15) is 5.10 Å². The summed E-state index contributed by atoms with van der Waals surface area (Å²) in [4.78, 5) is 20.3. The van der Waals surface area contributed by atoms with Crippen LogP contribution in [0.1, 0.15) is 25.0 Å². The molecule has 134 valence electrons. The Morgan fingerprint density at radius 2 is 2.40 bits per heavy atom. The molecule has 0 aromatic carbocycles. The number of nitrogens with zero attached hydrogens (tertiary/aromatic N) is 4. The minimum absolute atomic E-state index is 0.0163. The van der Waals surface area contributed by atoms with Crippen molar-refractivity contribution in [2.24, 2.45) is 0 Å². The average Bonchev–Trinajstić information content (AvgIpc) is 3.12. The molecule has 0 radical (unpaired) electrons. The van der Waals surface area contributed by atoms with E-state index in [-0.39, 0.29) is 18.1 Å². The zero-order valence-electron chi connectivity index (χ0n) is 14.3. The van der Waals surface area contributed by atoms with Gasteiger partial charge in [0.15, 0.2) is 0 Å². The molecule has 1 N–H and O–H groups in total. The molecule has 0 spiro atoms. The third-order valence-electron chi connectivity index (χ3n) is 4.08. The molecule has 2 atom stereocenters. The van der Waals surface area contributed by atoms with E-state index in [9.17, 15) is 4.79 Å². The van der Waals surface area contributed by atoms with Crippen LogP contribution in [0.4, 0.5) is 0 Å². The lowest BCUT2D eigenvalue weighted by atomic mass is 10.1. The van der Waals surface area contributed by atoms with Crippen LogP contribution in [0.2, 0.25) is 0 Å². The monoisotopic (exact) mass is 345 g/mol. The summed E-state index contributed by atoms with van der Waals surface area (Å²) >= 11 is 0. The lowest BCUT2D eigenvalue weighted by Crippen LogP contribution is -2.51. The molecule has 0 bridgehead atoms. The van der Waals surface area contributed by atoms with Crippen LogP contribution in [0.15, 0.2) is 31.0 Å². The number of carbonyl (C=O) groups excluding carboxylic acids is 1. The number of hydrogen-bond acceptors (Lipinski definition) is 6. The summed E-state index contributed by atoms with van der Waals surface area (Å²) < 4.78 is 13.2. The second kappa shape index (κ2) is 8.57. The van der Waals surface area contributed by atoms with Gasteiger partial charge in [0.2, 0.25) is 5.91 Å². The van der Waals surface area contributed by atoms with Gasteiger partial charge in [0.25, 0.3) is 0 Å². The molecule has 1 amide bonds. The van der Waals surface area contributed by atoms with Gasteiger partial charge in [-0.05, 0) is 31.9 Å². The zero-order valence-corrected chi connectivity index (χ0v) is 14.3. The quantitative estimate of drug-likeness (QED) is 0.808. The fraction of sp³-hybridized carbons (Fsp3) is 0.529. The highest BCUT2D eigenvalue weighted by atomic mass is 16.5. The number of amides is 1. The summed E-state index contributed by atoms with van der Waals surface area (Å²) in [6, 6.07) is 3.72. The van der Waals surface area contributed by atoms with Gasteiger partial charge in [-0.25, -0.2) is 4.98 Å². The molecule has 8 heteroatoms. The molecule has 2 aromatic rings. The molecule has 1 aliphatic rings. The summed E-state index contributed by atoms with van der Waals surface area (Å²) in [5, 5.41) is 7.10. The maximum absolute atomic E-state index is 12.2. The van der Waals surface area contributed by atoms with Crippen molar-refractivity contribution in [1.29, 1.82) is 0 Å². The molecule has 8 nitrogen and oxygen atoms in total. The standard InChI is InChI=1S/C17H23N5O3/c1-13-4-5-14(9-19-13)25-16-10-24-8-6-15(16)21-17(23)3-2-7-22-12-18-11-20-22/h4-5,9,11-12,15-16H,2-3,6-8,10H2,1H3,(H,21,23)/t15-,16+/m0/s1. The van der Waals surface area contributed by atoms with Gasteiger partial charge in [-0.15, -0.1) is 0 Å². The predicted octanol–water partition coefficient (Wildman–Crippen LogP) is 1.11. The third-order valence-corrected chi connectivity index (χ3v) is 4.08. The number of aryl methyl sites for hydroxylation is 2. The van der Waals surface area contributed by atoms with E-state index < -0.39 is 0 Å². The number of pyridine rings is 1. The molecule has 0 saturated carbocycles. The van der Waals surface area contributed by atoms with E-state index >= 15 is 0 Å². The van der Waals surface area contributed by atoms with Crippen LogP contribution in [-0.2, 0) is 16.1 Å². The van der Waals surface area contributed by atoms with Crippen molar-refractivity contribution in [3.8, 4) is 5.75 Å². The summed E-state index contributed by atoms with van der Waals surface area (Å²) in [5.74, 6) is 0.703. The van der Waals surface area contributed by atoms with E-state index in [4.69, 9.17) is 9.47 Å². The van der Waals surface area contributed by atoms with E-state index in [0.29, 0.717) is 38.3 Å². The highest BCUT2D eigenvalue weighted by molar-refractivity contribution is 5.76. The Bertz CT molecular complexity index is 659. The molecule has 3 heterocycles. The van der Waals surface area contributed by atoms with Crippen LogP contribution in [0, 0.1) is 6.92 Å². The second-order valence-electron chi connectivity index (χ2n) is 6.09. The van der Waals surface area contributed by atoms with Crippen molar-refractivity contribution in [2.75, 3.05) is 13.2 Å². The van der Waals surface area contributed by atoms with Crippen LogP contribution in [0.25, 0.3) is 0 Å². The Morgan fingerprint density at radius 3 is 3.16 bits per heavy atom. The Kier molecular flexibility index (Phi) is 5.95. The van der Waals surface area contributed by atoms with Crippen molar-refractivity contribution in [1.82, 2.24) is 25.1 Å². The molecule has 2 aromatic heterocycles. The number of ether oxygens (including phenoxy) is 2. The van der Waals surface area contributed by atoms with Crippen molar-refractivity contribution in [2.45, 2.75) is 44.9 Å². The fourth-order valence-electron chi connectivity index (χ4n) is 2.72. The normalized spacial score (nSPS) is 20.2. The van der Waals surface area contributed by atoms with Gasteiger partial charge in [0.05, 0.1) is 18.8 Å². The van der Waals surface area contributed by atoms with Gasteiger partial charge < -0.3 is 14.8 Å². The van der Waals surface area contributed by atoms with Crippen molar-refractivity contribution in [3.63, 3.8) is 0 Å². The van der Waals surface area contributed by atoms with Gasteiger partial charge in [-0.1, -0.05) is 0 Å². The number of hydrogen-bond donors (Lipinski definition) is 1. The van der Waals surface area contributed by atoms with Crippen LogP contribution in [-0.4, -0.2) is 51.0 Å². The smallest absolute Gasteiger partial charge is 0.220 e. The molecule has 3 rings (SSSR count). The minimum atomic E-state index is -0.211. The summed E-state index contributed by atoms with van der Waals surface area (Å²) in [5.41, 5.74) is 0.935. The van der Waals surface area contributed by atoms with E-state index in [0.717, 1.165) is 12.1 Å². The second-order valence-corrected chi connectivity index (χ2v) is 6.09. The lowest BCUT2D eigenvalue weighted by Gasteiger charge is -2.32. The number of rotatable bonds is 7. The summed E-state index contributed by atoms with van der Waals surface area (Å²) in [7, 11) is 0. The molecule has 25 heavy (non-hydrogen) atoms. The van der Waals surface area contributed by atoms with Crippen LogP contribution in [0.5, 0.6) is 5.75 Å². The molecule has 1 aliphatic heterocycles. The van der Waals surface area contributed by atoms with Crippen LogP contribution >= 0.6 is 0 Å². The van der Waals surface area contributed by atoms with Crippen molar-refractivity contribution >= 4 is 5.91 Å². The average molecular weight is 345 g/mol. The predicted molar refractivity (Wildman–Crippen MR) is 90.0 cm³/mol. The van der Waals surface area contributed by atoms with Gasteiger partial charge in [0.1, 0.15) is 24.5 Å². The Hall–Kier alpha value is -2.48. The topological polar surface area (TPSA) is 91.2 Å². The highest BCUT2D eigenvalue weighted by Crippen LogP contribution is 2.17. The molecule has 0 unspecified atom stereocenters. The SMILES string of the molecule is Cc1ccc(O[C@@H]2COCC[C@@H]2NC(=O)CCCn2cncn2)cn1. The fourth-order valence-corrected chi connectivity index (χ4v) is 2.72. The first-order chi connectivity index (χ1) is 12.2. The number of carbonyl (C=O) groups is 1. The van der Waals surface area contributed by atoms with E-state index in [2.05, 4.69) is 20.4 Å². The van der Waals surface area contributed by atoms with Crippen LogP contribution < -0.4 is 10.1 Å². The molecular weight excluding hydrogens is 322 g/mol. The Labute approximate surface area is 146 Å². The first kappa shape index (κ1) is 17.3. The van der Waals surface area contributed by atoms with E-state index in [1.54, 1.807) is 17.2 Å². The zero-order chi connectivity index (χ0) is 17.5. The van der Waals surface area contributed by atoms with Crippen molar-refractivity contribution in [3.05, 3.63) is 36.7 Å². The van der Waals surface area contributed by atoms with Gasteiger partial charge in [-0.3, -0.25) is 14.5 Å². The molecule has 1 fully saturated rings. The van der Waals surface area contributed by atoms with Gasteiger partial charge in [0, 0.05) is 25.3 Å². The largest absolute Gasteiger partial charge is 0.484 e. The Balaban J connectivity index is 1.48. The maximum Gasteiger partial charge on any atom is 0.220 e. The van der Waals surface area contributed by atoms with E-state index in [1.807, 2.05) is 19.1 Å². The molecule has 1 saturated heterocycles. The highest BCUT2D eigenvalue weighted by Gasteiger charge is 2.28. The first-order valence-electron chi connectivity index (χ1n) is 8.49. The van der Waals surface area contributed by atoms with Gasteiger partial charge >= 0.3 is 0 Å². The maximum atomic E-state index is 12.2. The lowest BCUT2D eigenvalue weighted by molar-refractivity contribution is -0.124. The molecule has 0 aliphatic carbocycles. The summed E-state index contributed by atoms with van der Waals surface area (Å²) in [6.07, 6.45) is 6.51. The third kappa shape index (κ3) is 5.25. The van der Waals surface area contributed by atoms with Crippen LogP contribution in [0.3, 0.4) is 0 Å². The summed E-state index contributed by atoms with van der Waals surface area (Å²) in [6.45, 7) is 3.68. The number of nitrogens with one attached hydrogen (secondary N) is 1. The first-order valence-corrected chi connectivity index (χ1v) is 8.49. The molecular formula is C17H23N5O3. The van der Waals surface area contributed by atoms with Crippen molar-refractivity contribution < 1.29 is 14.3 Å². The number of aromatic nitrogens is 4. The van der Waals surface area contributed by atoms with E-state index in [1.165, 1.54) is 6.33 Å². The minimum Gasteiger partial charge on any atom is -0.484 e.